The quantitative estimate of drug-likeness (QED) is 0.886. The van der Waals surface area contributed by atoms with Crippen molar-refractivity contribution >= 4 is 33.3 Å². The van der Waals surface area contributed by atoms with Gasteiger partial charge in [0.1, 0.15) is 17.0 Å². The molecule has 3 rings (SSSR count). The van der Waals surface area contributed by atoms with Gasteiger partial charge in [0.2, 0.25) is 0 Å². The van der Waals surface area contributed by atoms with Crippen LogP contribution < -0.4 is 5.32 Å². The molecule has 2 heterocycles. The molecule has 0 bridgehead atoms. The van der Waals surface area contributed by atoms with Gasteiger partial charge in [0.25, 0.3) is 0 Å². The number of thiophene rings is 1. The zero-order valence-electron chi connectivity index (χ0n) is 12.1. The van der Waals surface area contributed by atoms with Gasteiger partial charge in [-0.05, 0) is 25.3 Å². The maximum atomic E-state index is 11.6. The molecule has 0 aromatic carbocycles. The Hall–Kier alpha value is -1.69. The molecule has 0 radical (unpaired) electrons. The standard InChI is InChI=1S/C15H19N3O2S/c1-2-10-7-11-12(17-9-18-13(11)21-10)16-8-15(14(19)20)5-3-4-6-15/h7,9H,2-6,8H2,1H3,(H,19,20)(H,16,17,18). The maximum Gasteiger partial charge on any atom is 0.311 e. The lowest BCUT2D eigenvalue weighted by molar-refractivity contribution is -0.147. The Balaban J connectivity index is 1.84. The lowest BCUT2D eigenvalue weighted by atomic mass is 9.86. The van der Waals surface area contributed by atoms with E-state index in [9.17, 15) is 9.90 Å². The highest BCUT2D eigenvalue weighted by atomic mass is 32.1. The van der Waals surface area contributed by atoms with Crippen molar-refractivity contribution < 1.29 is 9.90 Å². The molecule has 0 saturated heterocycles. The zero-order valence-corrected chi connectivity index (χ0v) is 12.9. The molecule has 2 N–H and O–H groups in total. The Morgan fingerprint density at radius 1 is 1.43 bits per heavy atom. The highest BCUT2D eigenvalue weighted by Crippen LogP contribution is 2.39. The van der Waals surface area contributed by atoms with Crippen molar-refractivity contribution in [3.63, 3.8) is 0 Å². The van der Waals surface area contributed by atoms with Gasteiger partial charge in [-0.2, -0.15) is 0 Å². The summed E-state index contributed by atoms with van der Waals surface area (Å²) >= 11 is 1.67. The minimum absolute atomic E-state index is 0.436. The summed E-state index contributed by atoms with van der Waals surface area (Å²) in [5.41, 5.74) is -0.638. The third kappa shape index (κ3) is 2.60. The predicted octanol–water partition coefficient (Wildman–Crippen LogP) is 3.31. The fraction of sp³-hybridized carbons (Fsp3) is 0.533. The molecule has 6 heteroatoms. The molecule has 1 saturated carbocycles. The van der Waals surface area contributed by atoms with Crippen LogP contribution in [0.4, 0.5) is 5.82 Å². The van der Waals surface area contributed by atoms with Crippen LogP contribution >= 0.6 is 11.3 Å². The molecular formula is C15H19N3O2S. The number of aryl methyl sites for hydroxylation is 1. The zero-order chi connectivity index (χ0) is 14.9. The summed E-state index contributed by atoms with van der Waals surface area (Å²) in [6.07, 6.45) is 5.99. The van der Waals surface area contributed by atoms with Crippen LogP contribution in [-0.2, 0) is 11.2 Å². The second-order valence-corrected chi connectivity index (χ2v) is 6.77. The Labute approximate surface area is 127 Å². The molecule has 0 amide bonds. The van der Waals surface area contributed by atoms with Crippen molar-refractivity contribution in [3.05, 3.63) is 17.3 Å². The number of anilines is 1. The fourth-order valence-electron chi connectivity index (χ4n) is 2.99. The molecule has 5 nitrogen and oxygen atoms in total. The van der Waals surface area contributed by atoms with Crippen molar-refractivity contribution in [2.75, 3.05) is 11.9 Å². The third-order valence-electron chi connectivity index (χ3n) is 4.34. The Morgan fingerprint density at radius 3 is 2.86 bits per heavy atom. The Kier molecular flexibility index (Phi) is 3.80. The number of fused-ring (bicyclic) bond motifs is 1. The van der Waals surface area contributed by atoms with Gasteiger partial charge < -0.3 is 10.4 Å². The number of carbonyl (C=O) groups is 1. The first kappa shape index (κ1) is 14.3. The molecule has 2 aromatic rings. The van der Waals surface area contributed by atoms with Gasteiger partial charge >= 0.3 is 5.97 Å². The summed E-state index contributed by atoms with van der Waals surface area (Å²) in [5, 5.41) is 13.8. The molecule has 0 unspecified atom stereocenters. The number of carboxylic acid groups (broad SMARTS) is 1. The summed E-state index contributed by atoms with van der Waals surface area (Å²) in [4.78, 5) is 22.4. The van der Waals surface area contributed by atoms with E-state index in [1.807, 2.05) is 0 Å². The Bertz CT molecular complexity index is 662. The summed E-state index contributed by atoms with van der Waals surface area (Å²) < 4.78 is 0. The first-order valence-electron chi connectivity index (χ1n) is 7.35. The highest BCUT2D eigenvalue weighted by molar-refractivity contribution is 7.18. The van der Waals surface area contributed by atoms with Gasteiger partial charge in [0.15, 0.2) is 0 Å². The summed E-state index contributed by atoms with van der Waals surface area (Å²) in [6.45, 7) is 2.55. The lowest BCUT2D eigenvalue weighted by Crippen LogP contribution is -2.35. The van der Waals surface area contributed by atoms with E-state index in [1.165, 1.54) is 4.88 Å². The smallest absolute Gasteiger partial charge is 0.311 e. The van der Waals surface area contributed by atoms with E-state index in [2.05, 4.69) is 28.3 Å². The second kappa shape index (κ2) is 5.60. The largest absolute Gasteiger partial charge is 0.481 e. The topological polar surface area (TPSA) is 75.1 Å². The normalized spacial score (nSPS) is 17.2. The molecule has 0 atom stereocenters. The first-order valence-corrected chi connectivity index (χ1v) is 8.17. The second-order valence-electron chi connectivity index (χ2n) is 5.65. The van der Waals surface area contributed by atoms with Crippen molar-refractivity contribution in [2.24, 2.45) is 5.41 Å². The van der Waals surface area contributed by atoms with Crippen LogP contribution in [-0.4, -0.2) is 27.6 Å². The van der Waals surface area contributed by atoms with Crippen molar-refractivity contribution in [2.45, 2.75) is 39.0 Å². The third-order valence-corrected chi connectivity index (χ3v) is 5.52. The van der Waals surface area contributed by atoms with E-state index in [-0.39, 0.29) is 0 Å². The number of rotatable bonds is 5. The first-order chi connectivity index (χ1) is 10.1. The SMILES string of the molecule is CCc1cc2c(NCC3(C(=O)O)CCCC3)ncnc2s1. The lowest BCUT2D eigenvalue weighted by Gasteiger charge is -2.24. The van der Waals surface area contributed by atoms with Crippen LogP contribution in [0.25, 0.3) is 10.2 Å². The van der Waals surface area contributed by atoms with Gasteiger partial charge in [-0.3, -0.25) is 4.79 Å². The van der Waals surface area contributed by atoms with E-state index in [0.717, 1.165) is 48.1 Å². The van der Waals surface area contributed by atoms with Crippen molar-refractivity contribution in [1.29, 1.82) is 0 Å². The van der Waals surface area contributed by atoms with Crippen LogP contribution in [0.5, 0.6) is 0 Å². The van der Waals surface area contributed by atoms with Crippen LogP contribution in [0.3, 0.4) is 0 Å². The molecule has 21 heavy (non-hydrogen) atoms. The van der Waals surface area contributed by atoms with E-state index in [0.29, 0.717) is 6.54 Å². The Morgan fingerprint density at radius 2 is 2.19 bits per heavy atom. The number of hydrogen-bond acceptors (Lipinski definition) is 5. The summed E-state index contributed by atoms with van der Waals surface area (Å²) in [7, 11) is 0. The van der Waals surface area contributed by atoms with E-state index >= 15 is 0 Å². The van der Waals surface area contributed by atoms with E-state index in [4.69, 9.17) is 0 Å². The van der Waals surface area contributed by atoms with Crippen LogP contribution in [0.1, 0.15) is 37.5 Å². The minimum Gasteiger partial charge on any atom is -0.481 e. The molecule has 2 aromatic heterocycles. The number of nitrogens with zero attached hydrogens (tertiary/aromatic N) is 2. The number of nitrogens with one attached hydrogen (secondary N) is 1. The number of aliphatic carboxylic acids is 1. The molecule has 1 aliphatic rings. The van der Waals surface area contributed by atoms with Gasteiger partial charge in [-0.15, -0.1) is 11.3 Å². The summed E-state index contributed by atoms with van der Waals surface area (Å²) in [5.74, 6) is 0.0563. The molecule has 112 valence electrons. The van der Waals surface area contributed by atoms with E-state index in [1.54, 1.807) is 17.7 Å². The van der Waals surface area contributed by atoms with Crippen LogP contribution in [0.15, 0.2) is 12.4 Å². The van der Waals surface area contributed by atoms with Gasteiger partial charge in [-0.1, -0.05) is 19.8 Å². The average molecular weight is 305 g/mol. The van der Waals surface area contributed by atoms with Crippen LogP contribution in [0, 0.1) is 5.41 Å². The molecule has 0 spiro atoms. The summed E-state index contributed by atoms with van der Waals surface area (Å²) in [6, 6.07) is 2.10. The molecular weight excluding hydrogens is 286 g/mol. The maximum absolute atomic E-state index is 11.6. The van der Waals surface area contributed by atoms with Gasteiger partial charge in [0, 0.05) is 11.4 Å². The highest BCUT2D eigenvalue weighted by Gasteiger charge is 2.41. The number of carboxylic acids is 1. The fourth-order valence-corrected chi connectivity index (χ4v) is 3.93. The molecule has 1 aliphatic carbocycles. The predicted molar refractivity (Wildman–Crippen MR) is 83.8 cm³/mol. The number of aromatic nitrogens is 2. The van der Waals surface area contributed by atoms with Crippen molar-refractivity contribution in [3.8, 4) is 0 Å². The van der Waals surface area contributed by atoms with Crippen LogP contribution in [0.2, 0.25) is 0 Å². The molecule has 0 aliphatic heterocycles. The van der Waals surface area contributed by atoms with Crippen molar-refractivity contribution in [1.82, 2.24) is 9.97 Å². The molecule has 1 fully saturated rings. The van der Waals surface area contributed by atoms with E-state index < -0.39 is 11.4 Å². The minimum atomic E-state index is -0.697. The van der Waals surface area contributed by atoms with Gasteiger partial charge in [0.05, 0.1) is 10.8 Å². The number of hydrogen-bond donors (Lipinski definition) is 2. The average Bonchev–Trinajstić information content (AvgIpc) is 3.12. The van der Waals surface area contributed by atoms with Gasteiger partial charge in [-0.25, -0.2) is 9.97 Å². The monoisotopic (exact) mass is 305 g/mol.